The number of carbonyl (C=O) groups excluding carboxylic acids is 1. The molecule has 1 saturated heterocycles. The maximum Gasteiger partial charge on any atom is 0.164 e. The Labute approximate surface area is 112 Å². The summed E-state index contributed by atoms with van der Waals surface area (Å²) in [5.41, 5.74) is 0.705. The van der Waals surface area contributed by atoms with Crippen LogP contribution in [0.3, 0.4) is 0 Å². The molecule has 1 heterocycles. The molecule has 1 aromatic rings. The van der Waals surface area contributed by atoms with E-state index in [9.17, 15) is 4.79 Å². The minimum Gasteiger partial charge on any atom is -0.496 e. The summed E-state index contributed by atoms with van der Waals surface area (Å²) in [4.78, 5) is 12.8. The SMILES string of the molecule is COc1cccc(SC2CCOCC2)c1C(C)=O. The molecule has 1 aliphatic rings. The summed E-state index contributed by atoms with van der Waals surface area (Å²) in [7, 11) is 1.60. The predicted molar refractivity (Wildman–Crippen MR) is 72.7 cm³/mol. The van der Waals surface area contributed by atoms with Gasteiger partial charge in [-0.2, -0.15) is 0 Å². The molecule has 0 aromatic heterocycles. The number of thioether (sulfide) groups is 1. The molecule has 2 rings (SSSR count). The second-order valence-corrected chi connectivity index (χ2v) is 5.66. The fourth-order valence-corrected chi connectivity index (χ4v) is 3.41. The van der Waals surface area contributed by atoms with Gasteiger partial charge < -0.3 is 9.47 Å². The quantitative estimate of drug-likeness (QED) is 0.784. The first-order valence-corrected chi connectivity index (χ1v) is 7.02. The zero-order chi connectivity index (χ0) is 13.0. The fraction of sp³-hybridized carbons (Fsp3) is 0.500. The van der Waals surface area contributed by atoms with Crippen molar-refractivity contribution in [3.05, 3.63) is 23.8 Å². The zero-order valence-corrected chi connectivity index (χ0v) is 11.6. The van der Waals surface area contributed by atoms with E-state index in [0.717, 1.165) is 31.0 Å². The lowest BCUT2D eigenvalue weighted by molar-refractivity contribution is 0.0999. The summed E-state index contributed by atoms with van der Waals surface area (Å²) in [6.45, 7) is 3.22. The lowest BCUT2D eigenvalue weighted by Crippen LogP contribution is -2.17. The Kier molecular flexibility index (Phi) is 4.66. The number of rotatable bonds is 4. The van der Waals surface area contributed by atoms with Gasteiger partial charge in [-0.3, -0.25) is 4.79 Å². The van der Waals surface area contributed by atoms with Crippen molar-refractivity contribution < 1.29 is 14.3 Å². The van der Waals surface area contributed by atoms with Crippen LogP contribution in [0.1, 0.15) is 30.1 Å². The molecule has 4 heteroatoms. The average Bonchev–Trinajstić information content (AvgIpc) is 2.39. The highest BCUT2D eigenvalue weighted by Crippen LogP contribution is 2.35. The Morgan fingerprint density at radius 1 is 1.39 bits per heavy atom. The van der Waals surface area contributed by atoms with Gasteiger partial charge in [-0.25, -0.2) is 0 Å². The van der Waals surface area contributed by atoms with Crippen LogP contribution in [-0.2, 0) is 4.74 Å². The van der Waals surface area contributed by atoms with Gasteiger partial charge in [0.1, 0.15) is 5.75 Å². The number of Topliss-reactive ketones (excluding diaryl/α,β-unsaturated/α-hetero) is 1. The maximum atomic E-state index is 11.8. The van der Waals surface area contributed by atoms with Crippen LogP contribution >= 0.6 is 11.8 Å². The fourth-order valence-electron chi connectivity index (χ4n) is 2.10. The molecule has 0 bridgehead atoms. The first kappa shape index (κ1) is 13.4. The molecule has 98 valence electrons. The lowest BCUT2D eigenvalue weighted by atomic mass is 10.1. The van der Waals surface area contributed by atoms with Crippen molar-refractivity contribution in [1.82, 2.24) is 0 Å². The molecule has 18 heavy (non-hydrogen) atoms. The zero-order valence-electron chi connectivity index (χ0n) is 10.8. The van der Waals surface area contributed by atoms with Gasteiger partial charge in [-0.15, -0.1) is 11.8 Å². The smallest absolute Gasteiger partial charge is 0.164 e. The molecule has 0 radical (unpaired) electrons. The van der Waals surface area contributed by atoms with Crippen LogP contribution < -0.4 is 4.74 Å². The van der Waals surface area contributed by atoms with Crippen LogP contribution in [0.15, 0.2) is 23.1 Å². The molecule has 1 aliphatic heterocycles. The van der Waals surface area contributed by atoms with Crippen molar-refractivity contribution >= 4 is 17.5 Å². The Hall–Kier alpha value is -1.00. The van der Waals surface area contributed by atoms with Gasteiger partial charge in [-0.05, 0) is 31.9 Å². The van der Waals surface area contributed by atoms with Gasteiger partial charge in [0, 0.05) is 23.4 Å². The van der Waals surface area contributed by atoms with Gasteiger partial charge in [0.15, 0.2) is 5.78 Å². The van der Waals surface area contributed by atoms with Crippen LogP contribution in [0.4, 0.5) is 0 Å². The number of hydrogen-bond acceptors (Lipinski definition) is 4. The molecule has 0 atom stereocenters. The summed E-state index contributed by atoms with van der Waals surface area (Å²) in [6, 6.07) is 5.77. The van der Waals surface area contributed by atoms with E-state index in [1.165, 1.54) is 0 Å². The van der Waals surface area contributed by atoms with Gasteiger partial charge in [0.25, 0.3) is 0 Å². The van der Waals surface area contributed by atoms with Crippen molar-refractivity contribution in [3.8, 4) is 5.75 Å². The summed E-state index contributed by atoms with van der Waals surface area (Å²) in [5.74, 6) is 0.724. The van der Waals surface area contributed by atoms with Crippen LogP contribution in [0.2, 0.25) is 0 Å². The summed E-state index contributed by atoms with van der Waals surface area (Å²) < 4.78 is 10.6. The largest absolute Gasteiger partial charge is 0.496 e. The van der Waals surface area contributed by atoms with E-state index >= 15 is 0 Å². The number of ether oxygens (including phenoxy) is 2. The van der Waals surface area contributed by atoms with Gasteiger partial charge >= 0.3 is 0 Å². The second-order valence-electron chi connectivity index (χ2n) is 4.32. The van der Waals surface area contributed by atoms with Crippen LogP contribution in [0.5, 0.6) is 5.75 Å². The van der Waals surface area contributed by atoms with E-state index in [1.54, 1.807) is 25.8 Å². The highest BCUT2D eigenvalue weighted by Gasteiger charge is 2.20. The summed E-state index contributed by atoms with van der Waals surface area (Å²) >= 11 is 1.77. The van der Waals surface area contributed by atoms with Crippen LogP contribution in [-0.4, -0.2) is 31.4 Å². The van der Waals surface area contributed by atoms with Gasteiger partial charge in [0.05, 0.1) is 12.7 Å². The molecule has 3 nitrogen and oxygen atoms in total. The molecule has 0 saturated carbocycles. The van der Waals surface area contributed by atoms with Crippen molar-refractivity contribution in [1.29, 1.82) is 0 Å². The Morgan fingerprint density at radius 2 is 2.11 bits per heavy atom. The minimum atomic E-state index is 0.0574. The van der Waals surface area contributed by atoms with E-state index in [2.05, 4.69) is 0 Å². The minimum absolute atomic E-state index is 0.0574. The van der Waals surface area contributed by atoms with Crippen molar-refractivity contribution in [2.75, 3.05) is 20.3 Å². The maximum absolute atomic E-state index is 11.8. The normalized spacial score (nSPS) is 16.6. The number of benzene rings is 1. The predicted octanol–water partition coefficient (Wildman–Crippen LogP) is 3.17. The molecular formula is C14H18O3S. The van der Waals surface area contributed by atoms with Gasteiger partial charge in [0.2, 0.25) is 0 Å². The molecule has 0 unspecified atom stereocenters. The van der Waals surface area contributed by atoms with Crippen LogP contribution in [0, 0.1) is 0 Å². The van der Waals surface area contributed by atoms with Crippen molar-refractivity contribution in [2.24, 2.45) is 0 Å². The number of carbonyl (C=O) groups is 1. The number of ketones is 1. The molecule has 0 aliphatic carbocycles. The molecule has 0 amide bonds. The standard InChI is InChI=1S/C14H18O3S/c1-10(15)14-12(16-2)4-3-5-13(14)18-11-6-8-17-9-7-11/h3-5,11H,6-9H2,1-2H3. The van der Waals surface area contributed by atoms with E-state index in [-0.39, 0.29) is 5.78 Å². The van der Waals surface area contributed by atoms with E-state index in [1.807, 2.05) is 18.2 Å². The van der Waals surface area contributed by atoms with E-state index in [0.29, 0.717) is 16.6 Å². The third kappa shape index (κ3) is 3.06. The Morgan fingerprint density at radius 3 is 2.72 bits per heavy atom. The number of methoxy groups -OCH3 is 1. The summed E-state index contributed by atoms with van der Waals surface area (Å²) in [6.07, 6.45) is 2.08. The number of hydrogen-bond donors (Lipinski definition) is 0. The molecule has 0 spiro atoms. The van der Waals surface area contributed by atoms with Crippen LogP contribution in [0.25, 0.3) is 0 Å². The highest BCUT2D eigenvalue weighted by atomic mass is 32.2. The molecule has 1 aromatic carbocycles. The highest BCUT2D eigenvalue weighted by molar-refractivity contribution is 8.00. The van der Waals surface area contributed by atoms with E-state index in [4.69, 9.17) is 9.47 Å². The second kappa shape index (κ2) is 6.25. The van der Waals surface area contributed by atoms with Gasteiger partial charge in [-0.1, -0.05) is 6.07 Å². The molecule has 1 fully saturated rings. The lowest BCUT2D eigenvalue weighted by Gasteiger charge is -2.22. The molecule has 0 N–H and O–H groups in total. The van der Waals surface area contributed by atoms with Crippen molar-refractivity contribution in [3.63, 3.8) is 0 Å². The third-order valence-electron chi connectivity index (χ3n) is 3.02. The summed E-state index contributed by atoms with van der Waals surface area (Å²) in [5, 5.41) is 0.531. The third-order valence-corrected chi connectivity index (χ3v) is 4.42. The Balaban J connectivity index is 2.23. The molecular weight excluding hydrogens is 248 g/mol. The Bertz CT molecular complexity index is 425. The first-order valence-electron chi connectivity index (χ1n) is 6.14. The topological polar surface area (TPSA) is 35.5 Å². The monoisotopic (exact) mass is 266 g/mol. The first-order chi connectivity index (χ1) is 8.72. The van der Waals surface area contributed by atoms with E-state index < -0.39 is 0 Å². The van der Waals surface area contributed by atoms with Crippen molar-refractivity contribution in [2.45, 2.75) is 29.9 Å². The average molecular weight is 266 g/mol.